The van der Waals surface area contributed by atoms with Crippen molar-refractivity contribution in [3.63, 3.8) is 0 Å². The third-order valence-electron chi connectivity index (χ3n) is 6.14. The van der Waals surface area contributed by atoms with Gasteiger partial charge in [-0.25, -0.2) is 4.39 Å². The van der Waals surface area contributed by atoms with Gasteiger partial charge >= 0.3 is 0 Å². The van der Waals surface area contributed by atoms with Crippen molar-refractivity contribution in [2.75, 3.05) is 56.1 Å². The van der Waals surface area contributed by atoms with Crippen LogP contribution < -0.4 is 15.1 Å². The first kappa shape index (κ1) is 19.9. The Morgan fingerprint density at radius 1 is 1.19 bits per heavy atom. The number of fused-ring (bicyclic) bond motifs is 1. The van der Waals surface area contributed by atoms with Crippen molar-refractivity contribution in [3.8, 4) is 0 Å². The maximum absolute atomic E-state index is 14.0. The highest BCUT2D eigenvalue weighted by molar-refractivity contribution is 5.89. The van der Waals surface area contributed by atoms with Crippen molar-refractivity contribution >= 4 is 29.5 Å². The summed E-state index contributed by atoms with van der Waals surface area (Å²) in [6, 6.07) is 0. The lowest BCUT2D eigenvalue weighted by Gasteiger charge is -2.23. The van der Waals surface area contributed by atoms with Gasteiger partial charge in [0.2, 0.25) is 17.8 Å². The molecule has 2 aromatic rings. The Morgan fingerprint density at radius 3 is 2.81 bits per heavy atom. The van der Waals surface area contributed by atoms with Crippen LogP contribution in [0.25, 0.3) is 11.7 Å². The van der Waals surface area contributed by atoms with Crippen molar-refractivity contribution in [2.45, 2.75) is 25.4 Å². The van der Waals surface area contributed by atoms with Gasteiger partial charge in [-0.3, -0.25) is 4.79 Å². The monoisotopic (exact) mass is 426 g/mol. The highest BCUT2D eigenvalue weighted by Crippen LogP contribution is 2.27. The van der Waals surface area contributed by atoms with Crippen molar-refractivity contribution in [2.24, 2.45) is 0 Å². The number of rotatable bonds is 3. The standard InChI is InChI=1S/C21H27FN8O/c1-14-15(11-18(31)24-14)10-16-12-23-30-19(16)25-20(28-6-3-5-27(2)8-9-28)26-21(30)29-7-4-17(22)13-29/h10,12,17H,1,3-9,11,13H2,2H3,(H,24,31)/b15-10+/t17-/m1/s1. The Labute approximate surface area is 180 Å². The molecule has 10 heteroatoms. The number of allylic oxidation sites excluding steroid dienone is 1. The van der Waals surface area contributed by atoms with Crippen LogP contribution in [0.4, 0.5) is 16.3 Å². The summed E-state index contributed by atoms with van der Waals surface area (Å²) < 4.78 is 15.7. The second-order valence-electron chi connectivity index (χ2n) is 8.51. The molecule has 3 aliphatic heterocycles. The van der Waals surface area contributed by atoms with Crippen LogP contribution in [0.5, 0.6) is 0 Å². The fraction of sp³-hybridized carbons (Fsp3) is 0.524. The number of carbonyl (C=O) groups excluding carboxylic acids is 1. The SMILES string of the molecule is C=C1NC(=O)C/C1=C\c1cnn2c(N3CC[C@@H](F)C3)nc(N3CCCN(C)CC3)nc12. The van der Waals surface area contributed by atoms with E-state index in [4.69, 9.17) is 9.97 Å². The van der Waals surface area contributed by atoms with E-state index in [0.717, 1.165) is 43.7 Å². The fourth-order valence-electron chi connectivity index (χ4n) is 4.36. The summed E-state index contributed by atoms with van der Waals surface area (Å²) in [5, 5.41) is 7.25. The number of carbonyl (C=O) groups is 1. The summed E-state index contributed by atoms with van der Waals surface area (Å²) in [6.07, 6.45) is 4.56. The number of amides is 1. The molecular weight excluding hydrogens is 399 g/mol. The molecule has 3 saturated heterocycles. The predicted molar refractivity (Wildman–Crippen MR) is 117 cm³/mol. The summed E-state index contributed by atoms with van der Waals surface area (Å²) in [6.45, 7) is 8.49. The van der Waals surface area contributed by atoms with Crippen LogP contribution in [0.2, 0.25) is 0 Å². The van der Waals surface area contributed by atoms with E-state index in [9.17, 15) is 9.18 Å². The molecule has 5 rings (SSSR count). The number of nitrogens with one attached hydrogen (secondary N) is 1. The fourth-order valence-corrected chi connectivity index (χ4v) is 4.36. The van der Waals surface area contributed by atoms with E-state index < -0.39 is 6.17 Å². The van der Waals surface area contributed by atoms with E-state index in [1.165, 1.54) is 0 Å². The van der Waals surface area contributed by atoms with E-state index in [1.807, 2.05) is 11.0 Å². The number of hydrogen-bond donors (Lipinski definition) is 1. The Hall–Kier alpha value is -3.01. The van der Waals surface area contributed by atoms with E-state index in [1.54, 1.807) is 10.7 Å². The smallest absolute Gasteiger partial charge is 0.231 e. The zero-order valence-corrected chi connectivity index (χ0v) is 17.7. The van der Waals surface area contributed by atoms with E-state index in [2.05, 4.69) is 33.8 Å². The summed E-state index contributed by atoms with van der Waals surface area (Å²) >= 11 is 0. The number of alkyl halides is 1. The molecule has 0 aromatic carbocycles. The summed E-state index contributed by atoms with van der Waals surface area (Å²) in [7, 11) is 2.12. The van der Waals surface area contributed by atoms with Crippen molar-refractivity contribution in [1.29, 1.82) is 0 Å². The van der Waals surface area contributed by atoms with Gasteiger partial charge in [-0.1, -0.05) is 6.58 Å². The molecule has 164 valence electrons. The van der Waals surface area contributed by atoms with Crippen LogP contribution in [0.1, 0.15) is 24.8 Å². The topological polar surface area (TPSA) is 81.9 Å². The molecule has 5 heterocycles. The lowest BCUT2D eigenvalue weighted by atomic mass is 10.1. The summed E-state index contributed by atoms with van der Waals surface area (Å²) in [5.74, 6) is 1.19. The molecule has 2 aromatic heterocycles. The van der Waals surface area contributed by atoms with Gasteiger partial charge in [-0.2, -0.15) is 19.6 Å². The van der Waals surface area contributed by atoms with Crippen molar-refractivity contribution < 1.29 is 9.18 Å². The van der Waals surface area contributed by atoms with Gasteiger partial charge < -0.3 is 20.0 Å². The molecule has 1 amide bonds. The van der Waals surface area contributed by atoms with Crippen molar-refractivity contribution in [1.82, 2.24) is 29.8 Å². The van der Waals surface area contributed by atoms with Crippen LogP contribution >= 0.6 is 0 Å². The maximum Gasteiger partial charge on any atom is 0.231 e. The Kier molecular flexibility index (Phi) is 5.09. The molecule has 0 radical (unpaired) electrons. The normalized spacial score (nSPS) is 24.5. The number of aromatic nitrogens is 4. The molecule has 1 N–H and O–H groups in total. The Morgan fingerprint density at radius 2 is 2.06 bits per heavy atom. The lowest BCUT2D eigenvalue weighted by Crippen LogP contribution is -2.32. The molecular formula is C21H27FN8O. The third-order valence-corrected chi connectivity index (χ3v) is 6.14. The van der Waals surface area contributed by atoms with Gasteiger partial charge in [0.25, 0.3) is 0 Å². The minimum atomic E-state index is -0.864. The molecule has 9 nitrogen and oxygen atoms in total. The van der Waals surface area contributed by atoms with Gasteiger partial charge in [-0.05, 0) is 38.1 Å². The molecule has 31 heavy (non-hydrogen) atoms. The number of likely N-dealkylation sites (N-methyl/N-ethyl adjacent to an activating group) is 1. The first-order valence-electron chi connectivity index (χ1n) is 10.8. The number of hydrogen-bond acceptors (Lipinski definition) is 7. The quantitative estimate of drug-likeness (QED) is 0.791. The van der Waals surface area contributed by atoms with Gasteiger partial charge in [-0.15, -0.1) is 0 Å². The molecule has 0 unspecified atom stereocenters. The molecule has 1 atom stereocenters. The molecule has 3 fully saturated rings. The van der Waals surface area contributed by atoms with E-state index in [0.29, 0.717) is 42.8 Å². The zero-order valence-electron chi connectivity index (χ0n) is 17.7. The van der Waals surface area contributed by atoms with Crippen LogP contribution in [-0.2, 0) is 4.79 Å². The minimum absolute atomic E-state index is 0.0662. The zero-order chi connectivity index (χ0) is 21.5. The predicted octanol–water partition coefficient (Wildman–Crippen LogP) is 1.23. The van der Waals surface area contributed by atoms with Crippen LogP contribution in [0, 0.1) is 0 Å². The van der Waals surface area contributed by atoms with Crippen LogP contribution in [0.3, 0.4) is 0 Å². The van der Waals surface area contributed by atoms with E-state index >= 15 is 0 Å². The third kappa shape index (κ3) is 3.87. The highest BCUT2D eigenvalue weighted by Gasteiger charge is 2.28. The first-order valence-corrected chi connectivity index (χ1v) is 10.8. The second kappa shape index (κ2) is 7.92. The summed E-state index contributed by atoms with van der Waals surface area (Å²) in [4.78, 5) is 27.9. The molecule has 0 saturated carbocycles. The first-order chi connectivity index (χ1) is 15.0. The molecule has 0 bridgehead atoms. The average Bonchev–Trinajstić information content (AvgIpc) is 3.38. The largest absolute Gasteiger partial charge is 0.339 e. The van der Waals surface area contributed by atoms with Crippen LogP contribution in [-0.4, -0.2) is 82.9 Å². The number of nitrogens with zero attached hydrogens (tertiary/aromatic N) is 7. The average molecular weight is 427 g/mol. The number of halogens is 1. The lowest BCUT2D eigenvalue weighted by molar-refractivity contribution is -0.118. The Bertz CT molecular complexity index is 1060. The van der Waals surface area contributed by atoms with Gasteiger partial charge in [0, 0.05) is 37.4 Å². The van der Waals surface area contributed by atoms with Crippen LogP contribution in [0.15, 0.2) is 24.0 Å². The van der Waals surface area contributed by atoms with E-state index in [-0.39, 0.29) is 12.3 Å². The van der Waals surface area contributed by atoms with Gasteiger partial charge in [0.05, 0.1) is 19.2 Å². The second-order valence-corrected chi connectivity index (χ2v) is 8.51. The molecule has 0 spiro atoms. The van der Waals surface area contributed by atoms with Crippen molar-refractivity contribution in [3.05, 3.63) is 29.6 Å². The highest BCUT2D eigenvalue weighted by atomic mass is 19.1. The number of anilines is 2. The summed E-state index contributed by atoms with van der Waals surface area (Å²) in [5.41, 5.74) is 2.87. The van der Waals surface area contributed by atoms with Gasteiger partial charge in [0.15, 0.2) is 5.65 Å². The Balaban J connectivity index is 1.59. The molecule has 3 aliphatic rings. The van der Waals surface area contributed by atoms with Gasteiger partial charge in [0.1, 0.15) is 6.17 Å². The molecule has 0 aliphatic carbocycles. The maximum atomic E-state index is 14.0. The minimum Gasteiger partial charge on any atom is -0.339 e.